The molecular formula is C27H27ClN3O4+. The Hall–Kier alpha value is -3.42. The quantitative estimate of drug-likeness (QED) is 0.297. The first kappa shape index (κ1) is 23.3. The number of hydrogen-bond acceptors (Lipinski definition) is 5. The Bertz CT molecular complexity index is 1310. The fraction of sp³-hybridized carbons (Fsp3) is 0.296. The molecule has 1 fully saturated rings. The van der Waals surface area contributed by atoms with E-state index in [0.29, 0.717) is 23.7 Å². The first-order valence-corrected chi connectivity index (χ1v) is 12.0. The Labute approximate surface area is 209 Å². The van der Waals surface area contributed by atoms with Gasteiger partial charge in [-0.05, 0) is 55.3 Å². The largest absolute Gasteiger partial charge is 0.511 e. The van der Waals surface area contributed by atoms with Crippen molar-refractivity contribution in [2.75, 3.05) is 25.0 Å². The number of halogens is 1. The van der Waals surface area contributed by atoms with Gasteiger partial charge in [-0.25, -0.2) is 14.1 Å². The van der Waals surface area contributed by atoms with E-state index in [0.717, 1.165) is 35.3 Å². The van der Waals surface area contributed by atoms with Gasteiger partial charge in [0.2, 0.25) is 0 Å². The minimum Gasteiger partial charge on any atom is -0.449 e. The smallest absolute Gasteiger partial charge is 0.449 e. The molecule has 1 aliphatic carbocycles. The van der Waals surface area contributed by atoms with Crippen molar-refractivity contribution < 1.29 is 23.9 Å². The lowest BCUT2D eigenvalue weighted by Crippen LogP contribution is -2.70. The molecule has 1 aliphatic heterocycles. The molecule has 5 rings (SSSR count). The van der Waals surface area contributed by atoms with Gasteiger partial charge in [-0.2, -0.15) is 0 Å². The summed E-state index contributed by atoms with van der Waals surface area (Å²) in [6.07, 6.45) is 2.05. The number of amides is 1. The number of benzene rings is 2. The highest BCUT2D eigenvalue weighted by atomic mass is 35.5. The number of hydrogen-bond donors (Lipinski definition) is 1. The standard InChI is InChI=1S/C27H26ClN3O4/c1-17-13-19(11-12-29-17)30-15-20(16-30)31(2,26(32)22-5-3-4-6-24(22)28)25-10-8-18-7-9-21(14-23(18)25)35-27(33)34/h3-7,9,11-14,20,25H,8,10,15-16H2,1-2H3/p+1/t25-,31?/m1/s1. The molecule has 0 bridgehead atoms. The number of anilines is 1. The molecule has 1 unspecified atom stereocenters. The molecule has 0 spiro atoms. The van der Waals surface area contributed by atoms with Crippen LogP contribution in [-0.4, -0.2) is 52.8 Å². The molecule has 2 atom stereocenters. The lowest BCUT2D eigenvalue weighted by atomic mass is 9.94. The fourth-order valence-corrected chi connectivity index (χ4v) is 5.69. The number of fused-ring (bicyclic) bond motifs is 1. The van der Waals surface area contributed by atoms with Gasteiger partial charge in [-0.3, -0.25) is 4.98 Å². The van der Waals surface area contributed by atoms with E-state index in [9.17, 15) is 9.59 Å². The molecule has 35 heavy (non-hydrogen) atoms. The predicted octanol–water partition coefficient (Wildman–Crippen LogP) is 5.26. The van der Waals surface area contributed by atoms with Gasteiger partial charge in [0, 0.05) is 29.6 Å². The number of rotatable bonds is 5. The molecule has 0 saturated carbocycles. The summed E-state index contributed by atoms with van der Waals surface area (Å²) >= 11 is 6.49. The molecule has 1 amide bonds. The van der Waals surface area contributed by atoms with Gasteiger partial charge in [0.05, 0.1) is 30.7 Å². The van der Waals surface area contributed by atoms with Crippen molar-refractivity contribution >= 4 is 29.4 Å². The minimum absolute atomic E-state index is 0.0337. The molecule has 2 heterocycles. The number of carbonyl (C=O) groups excluding carboxylic acids is 1. The van der Waals surface area contributed by atoms with Crippen molar-refractivity contribution in [1.82, 2.24) is 4.98 Å². The van der Waals surface area contributed by atoms with E-state index in [4.69, 9.17) is 21.4 Å². The number of aryl methyl sites for hydroxylation is 2. The zero-order valence-corrected chi connectivity index (χ0v) is 20.4. The van der Waals surface area contributed by atoms with Crippen LogP contribution in [-0.2, 0) is 6.42 Å². The van der Waals surface area contributed by atoms with E-state index in [-0.39, 0.29) is 28.2 Å². The first-order chi connectivity index (χ1) is 16.8. The summed E-state index contributed by atoms with van der Waals surface area (Å²) in [5, 5.41) is 9.53. The van der Waals surface area contributed by atoms with Crippen LogP contribution in [0.25, 0.3) is 0 Å². The Kier molecular flexibility index (Phi) is 5.99. The molecule has 1 saturated heterocycles. The van der Waals surface area contributed by atoms with Crippen LogP contribution in [0.5, 0.6) is 5.75 Å². The van der Waals surface area contributed by atoms with Gasteiger partial charge in [-0.1, -0.05) is 29.8 Å². The summed E-state index contributed by atoms with van der Waals surface area (Å²) in [4.78, 5) is 31.9. The van der Waals surface area contributed by atoms with Gasteiger partial charge in [0.25, 0.3) is 0 Å². The topological polar surface area (TPSA) is 79.7 Å². The number of ether oxygens (including phenoxy) is 1. The van der Waals surface area contributed by atoms with Crippen LogP contribution in [0, 0.1) is 6.92 Å². The second kappa shape index (κ2) is 8.98. The maximum absolute atomic E-state index is 14.2. The molecule has 2 aromatic carbocycles. The predicted molar refractivity (Wildman–Crippen MR) is 133 cm³/mol. The lowest BCUT2D eigenvalue weighted by Gasteiger charge is -2.52. The molecule has 2 aliphatic rings. The third-order valence-electron chi connectivity index (χ3n) is 7.42. The number of pyridine rings is 1. The van der Waals surface area contributed by atoms with E-state index < -0.39 is 6.16 Å². The summed E-state index contributed by atoms with van der Waals surface area (Å²) < 4.78 is 5.10. The molecule has 0 radical (unpaired) electrons. The van der Waals surface area contributed by atoms with Gasteiger partial charge in [0.1, 0.15) is 17.8 Å². The van der Waals surface area contributed by atoms with E-state index in [2.05, 4.69) is 16.0 Å². The highest BCUT2D eigenvalue weighted by Gasteiger charge is 2.54. The molecule has 8 heteroatoms. The molecule has 1 aromatic heterocycles. The van der Waals surface area contributed by atoms with Crippen LogP contribution in [0.3, 0.4) is 0 Å². The molecule has 180 valence electrons. The van der Waals surface area contributed by atoms with Gasteiger partial charge >= 0.3 is 12.1 Å². The fourth-order valence-electron chi connectivity index (χ4n) is 5.47. The molecule has 3 aromatic rings. The van der Waals surface area contributed by atoms with Crippen LogP contribution >= 0.6 is 11.6 Å². The number of nitrogens with zero attached hydrogens (tertiary/aromatic N) is 3. The van der Waals surface area contributed by atoms with Gasteiger partial charge in [-0.15, -0.1) is 0 Å². The maximum Gasteiger partial charge on any atom is 0.511 e. The van der Waals surface area contributed by atoms with Crippen LogP contribution in [0.2, 0.25) is 5.02 Å². The van der Waals surface area contributed by atoms with Crippen molar-refractivity contribution in [1.29, 1.82) is 0 Å². The number of quaternary nitrogens is 1. The van der Waals surface area contributed by atoms with Gasteiger partial charge in [0.15, 0.2) is 0 Å². The average Bonchev–Trinajstić information content (AvgIpc) is 3.21. The second-order valence-electron chi connectivity index (χ2n) is 9.43. The van der Waals surface area contributed by atoms with Crippen molar-refractivity contribution in [2.45, 2.75) is 31.8 Å². The summed E-state index contributed by atoms with van der Waals surface area (Å²) in [5.41, 5.74) is 4.62. The summed E-state index contributed by atoms with van der Waals surface area (Å²) in [5.74, 6) is 0.232. The van der Waals surface area contributed by atoms with Crippen molar-refractivity contribution in [3.05, 3.63) is 88.2 Å². The number of aromatic nitrogens is 1. The van der Waals surface area contributed by atoms with Crippen LogP contribution in [0.15, 0.2) is 60.8 Å². The minimum atomic E-state index is -1.36. The molecular weight excluding hydrogens is 466 g/mol. The van der Waals surface area contributed by atoms with Crippen molar-refractivity contribution in [3.8, 4) is 5.75 Å². The van der Waals surface area contributed by atoms with Crippen molar-refractivity contribution in [3.63, 3.8) is 0 Å². The third kappa shape index (κ3) is 4.15. The molecule has 7 nitrogen and oxygen atoms in total. The molecule has 1 N–H and O–H groups in total. The highest BCUT2D eigenvalue weighted by molar-refractivity contribution is 6.33. The second-order valence-corrected chi connectivity index (χ2v) is 9.84. The zero-order valence-electron chi connectivity index (χ0n) is 19.6. The normalized spacial score (nSPS) is 18.9. The van der Waals surface area contributed by atoms with E-state index in [1.54, 1.807) is 30.5 Å². The number of likely N-dealkylation sites (N-methyl/N-ethyl adjacent to an activating group) is 1. The Balaban J connectivity index is 1.53. The Morgan fingerprint density at radius 1 is 1.14 bits per heavy atom. The van der Waals surface area contributed by atoms with E-state index >= 15 is 0 Å². The van der Waals surface area contributed by atoms with E-state index in [1.165, 1.54) is 0 Å². The SMILES string of the molecule is Cc1cc(N2CC([N+](C)(C(=O)c3ccccc3Cl)[C@@H]3CCc4ccc(OC(=O)O)cc43)C2)ccn1. The average molecular weight is 493 g/mol. The zero-order chi connectivity index (χ0) is 24.7. The number of carbonyl (C=O) groups is 2. The lowest BCUT2D eigenvalue weighted by molar-refractivity contribution is -0.887. The van der Waals surface area contributed by atoms with E-state index in [1.807, 2.05) is 38.2 Å². The van der Waals surface area contributed by atoms with Crippen molar-refractivity contribution in [2.24, 2.45) is 0 Å². The number of carboxylic acid groups (broad SMARTS) is 1. The summed E-state index contributed by atoms with van der Waals surface area (Å²) in [7, 11) is 2.00. The summed E-state index contributed by atoms with van der Waals surface area (Å²) in [6, 6.07) is 16.5. The maximum atomic E-state index is 14.2. The highest BCUT2D eigenvalue weighted by Crippen LogP contribution is 2.46. The van der Waals surface area contributed by atoms with Crippen LogP contribution < -0.4 is 9.64 Å². The summed E-state index contributed by atoms with van der Waals surface area (Å²) in [6.45, 7) is 3.40. The first-order valence-electron chi connectivity index (χ1n) is 11.6. The Morgan fingerprint density at radius 2 is 1.91 bits per heavy atom. The van der Waals surface area contributed by atoms with Crippen LogP contribution in [0.1, 0.15) is 39.6 Å². The monoisotopic (exact) mass is 492 g/mol. The third-order valence-corrected chi connectivity index (χ3v) is 7.75. The van der Waals surface area contributed by atoms with Crippen LogP contribution in [0.4, 0.5) is 10.5 Å². The Morgan fingerprint density at radius 3 is 2.63 bits per heavy atom. The van der Waals surface area contributed by atoms with Gasteiger partial charge < -0.3 is 14.7 Å².